The van der Waals surface area contributed by atoms with Crippen molar-refractivity contribution in [3.63, 3.8) is 0 Å². The molecule has 0 atom stereocenters. The van der Waals surface area contributed by atoms with Crippen LogP contribution >= 0.6 is 15.9 Å². The molecule has 2 aromatic rings. The summed E-state index contributed by atoms with van der Waals surface area (Å²) >= 11 is 3.33. The number of ketones is 1. The van der Waals surface area contributed by atoms with Crippen LogP contribution in [0.2, 0.25) is 0 Å². The van der Waals surface area contributed by atoms with Crippen molar-refractivity contribution in [3.8, 4) is 0 Å². The van der Waals surface area contributed by atoms with E-state index in [9.17, 15) is 19.7 Å². The number of non-ortho nitro benzene ring substituents is 1. The summed E-state index contributed by atoms with van der Waals surface area (Å²) < 4.78 is 0.894. The maximum atomic E-state index is 12.3. The van der Waals surface area contributed by atoms with Gasteiger partial charge in [-0.3, -0.25) is 19.7 Å². The number of nitro benzene ring substituents is 1. The zero-order valence-electron chi connectivity index (χ0n) is 13.3. The molecule has 6 nitrogen and oxygen atoms in total. The molecular formula is C18H15BrN2O4. The van der Waals surface area contributed by atoms with E-state index in [0.29, 0.717) is 24.1 Å². The number of aryl methyl sites for hydroxylation is 1. The minimum absolute atomic E-state index is 0.0130. The first kappa shape index (κ1) is 17.3. The van der Waals surface area contributed by atoms with E-state index >= 15 is 0 Å². The van der Waals surface area contributed by atoms with E-state index in [1.807, 2.05) is 0 Å². The Bertz CT molecular complexity index is 849. The van der Waals surface area contributed by atoms with Gasteiger partial charge in [0.1, 0.15) is 0 Å². The molecule has 128 valence electrons. The number of hydrogen-bond donors (Lipinski definition) is 0. The van der Waals surface area contributed by atoms with Crippen LogP contribution in [0.1, 0.15) is 28.8 Å². The number of rotatable bonds is 5. The highest BCUT2D eigenvalue weighted by molar-refractivity contribution is 9.10. The Balaban J connectivity index is 1.76. The number of fused-ring (bicyclic) bond motifs is 1. The lowest BCUT2D eigenvalue weighted by Crippen LogP contribution is -2.36. The highest BCUT2D eigenvalue weighted by atomic mass is 79.9. The zero-order valence-corrected chi connectivity index (χ0v) is 14.9. The largest absolute Gasteiger partial charge is 0.312 e. The molecule has 0 unspecified atom stereocenters. The van der Waals surface area contributed by atoms with Crippen LogP contribution in [0.15, 0.2) is 46.9 Å². The second kappa shape index (κ2) is 7.14. The van der Waals surface area contributed by atoms with Crippen LogP contribution in [-0.4, -0.2) is 23.2 Å². The number of benzene rings is 2. The Hall–Kier alpha value is -2.54. The predicted molar refractivity (Wildman–Crippen MR) is 96.9 cm³/mol. The monoisotopic (exact) mass is 402 g/mol. The first-order valence-electron chi connectivity index (χ1n) is 7.82. The van der Waals surface area contributed by atoms with Crippen LogP contribution in [0.3, 0.4) is 0 Å². The third kappa shape index (κ3) is 3.76. The molecule has 1 aliphatic rings. The number of nitrogens with zero attached hydrogens (tertiary/aromatic N) is 2. The van der Waals surface area contributed by atoms with Gasteiger partial charge in [-0.05, 0) is 30.2 Å². The van der Waals surface area contributed by atoms with E-state index in [-0.39, 0.29) is 30.3 Å². The molecule has 1 aliphatic heterocycles. The summed E-state index contributed by atoms with van der Waals surface area (Å²) in [6.45, 7) is 0.262. The normalized spacial score (nSPS) is 13.5. The standard InChI is InChI=1S/C18H15BrN2O4/c19-14-4-1-12(2-5-14)17(22)9-10-20-16-7-6-15(21(24)25)11-13(16)3-8-18(20)23/h1-2,4-7,11H,3,8-10H2. The molecule has 2 aromatic carbocycles. The van der Waals surface area contributed by atoms with E-state index in [2.05, 4.69) is 15.9 Å². The molecule has 0 saturated carbocycles. The quantitative estimate of drug-likeness (QED) is 0.431. The average molecular weight is 403 g/mol. The molecule has 0 fully saturated rings. The van der Waals surface area contributed by atoms with E-state index in [0.717, 1.165) is 10.0 Å². The van der Waals surface area contributed by atoms with Crippen LogP contribution in [0.25, 0.3) is 0 Å². The van der Waals surface area contributed by atoms with Gasteiger partial charge in [0, 0.05) is 47.2 Å². The van der Waals surface area contributed by atoms with Crippen molar-refractivity contribution in [2.24, 2.45) is 0 Å². The molecule has 7 heteroatoms. The van der Waals surface area contributed by atoms with Gasteiger partial charge < -0.3 is 4.90 Å². The molecule has 25 heavy (non-hydrogen) atoms. The summed E-state index contributed by atoms with van der Waals surface area (Å²) in [5.41, 5.74) is 2.03. The lowest BCUT2D eigenvalue weighted by molar-refractivity contribution is -0.384. The Morgan fingerprint density at radius 2 is 1.88 bits per heavy atom. The number of carbonyl (C=O) groups excluding carboxylic acids is 2. The van der Waals surface area contributed by atoms with Crippen molar-refractivity contribution in [3.05, 3.63) is 68.2 Å². The van der Waals surface area contributed by atoms with Crippen molar-refractivity contribution >= 4 is 39.0 Å². The van der Waals surface area contributed by atoms with Gasteiger partial charge in [-0.15, -0.1) is 0 Å². The van der Waals surface area contributed by atoms with Crippen LogP contribution in [0.4, 0.5) is 11.4 Å². The number of hydrogen-bond acceptors (Lipinski definition) is 4. The van der Waals surface area contributed by atoms with Crippen molar-refractivity contribution in [1.29, 1.82) is 0 Å². The zero-order chi connectivity index (χ0) is 18.0. The molecule has 1 amide bonds. The van der Waals surface area contributed by atoms with Gasteiger partial charge in [-0.25, -0.2) is 0 Å². The number of Topliss-reactive ketones (excluding diaryl/α,β-unsaturated/α-hetero) is 1. The van der Waals surface area contributed by atoms with Crippen molar-refractivity contribution in [1.82, 2.24) is 0 Å². The van der Waals surface area contributed by atoms with Crippen LogP contribution < -0.4 is 4.90 Å². The summed E-state index contributed by atoms with van der Waals surface area (Å²) in [5, 5.41) is 10.9. The van der Waals surface area contributed by atoms with Gasteiger partial charge in [0.15, 0.2) is 5.78 Å². The highest BCUT2D eigenvalue weighted by Gasteiger charge is 2.26. The van der Waals surface area contributed by atoms with Gasteiger partial charge in [-0.1, -0.05) is 28.1 Å². The molecule has 0 radical (unpaired) electrons. The van der Waals surface area contributed by atoms with E-state index < -0.39 is 4.92 Å². The Labute approximate surface area is 152 Å². The minimum atomic E-state index is -0.446. The van der Waals surface area contributed by atoms with Crippen molar-refractivity contribution in [2.45, 2.75) is 19.3 Å². The Morgan fingerprint density at radius 1 is 1.16 bits per heavy atom. The first-order valence-corrected chi connectivity index (χ1v) is 8.61. The molecule has 0 saturated heterocycles. The molecule has 3 rings (SSSR count). The number of amides is 1. The molecule has 1 heterocycles. The SMILES string of the molecule is O=C(CCN1C(=O)CCc2cc([N+](=O)[O-])ccc21)c1ccc(Br)cc1. The van der Waals surface area contributed by atoms with Gasteiger partial charge in [0.25, 0.3) is 5.69 Å². The number of anilines is 1. The fourth-order valence-corrected chi connectivity index (χ4v) is 3.16. The Morgan fingerprint density at radius 3 is 2.56 bits per heavy atom. The summed E-state index contributed by atoms with van der Waals surface area (Å²) in [6.07, 6.45) is 0.970. The lowest BCUT2D eigenvalue weighted by Gasteiger charge is -2.29. The van der Waals surface area contributed by atoms with E-state index in [1.54, 1.807) is 35.2 Å². The Kier molecular flexibility index (Phi) is 4.94. The summed E-state index contributed by atoms with van der Waals surface area (Å²) in [4.78, 5) is 36.6. The smallest absolute Gasteiger partial charge is 0.269 e. The van der Waals surface area contributed by atoms with Crippen molar-refractivity contribution in [2.75, 3.05) is 11.4 Å². The van der Waals surface area contributed by atoms with Crippen molar-refractivity contribution < 1.29 is 14.5 Å². The highest BCUT2D eigenvalue weighted by Crippen LogP contribution is 2.31. The molecule has 0 N–H and O–H groups in total. The molecule has 0 aliphatic carbocycles. The second-order valence-electron chi connectivity index (χ2n) is 5.80. The fourth-order valence-electron chi connectivity index (χ4n) is 2.90. The minimum Gasteiger partial charge on any atom is -0.312 e. The summed E-state index contributed by atoms with van der Waals surface area (Å²) in [6, 6.07) is 11.6. The molecule has 0 aromatic heterocycles. The average Bonchev–Trinajstić information content (AvgIpc) is 2.60. The number of nitro groups is 1. The maximum absolute atomic E-state index is 12.3. The molecular weight excluding hydrogens is 388 g/mol. The molecule has 0 bridgehead atoms. The lowest BCUT2D eigenvalue weighted by atomic mass is 9.99. The maximum Gasteiger partial charge on any atom is 0.269 e. The summed E-state index contributed by atoms with van der Waals surface area (Å²) in [7, 11) is 0. The van der Waals surface area contributed by atoms with Gasteiger partial charge >= 0.3 is 0 Å². The summed E-state index contributed by atoms with van der Waals surface area (Å²) in [5.74, 6) is -0.112. The topological polar surface area (TPSA) is 80.5 Å². The van der Waals surface area contributed by atoms with Crippen LogP contribution in [-0.2, 0) is 11.2 Å². The number of carbonyl (C=O) groups is 2. The van der Waals surface area contributed by atoms with Gasteiger partial charge in [0.2, 0.25) is 5.91 Å². The van der Waals surface area contributed by atoms with E-state index in [1.165, 1.54) is 12.1 Å². The number of halogens is 1. The molecule has 0 spiro atoms. The van der Waals surface area contributed by atoms with Gasteiger partial charge in [0.05, 0.1) is 4.92 Å². The van der Waals surface area contributed by atoms with E-state index in [4.69, 9.17) is 0 Å². The first-order chi connectivity index (χ1) is 12.0. The second-order valence-corrected chi connectivity index (χ2v) is 6.71. The van der Waals surface area contributed by atoms with Gasteiger partial charge in [-0.2, -0.15) is 0 Å². The third-order valence-corrected chi connectivity index (χ3v) is 4.73. The predicted octanol–water partition coefficient (Wildman–Crippen LogP) is 3.91. The van der Waals surface area contributed by atoms with Crippen LogP contribution in [0, 0.1) is 10.1 Å². The van der Waals surface area contributed by atoms with Crippen LogP contribution in [0.5, 0.6) is 0 Å². The third-order valence-electron chi connectivity index (χ3n) is 4.20. The fraction of sp³-hybridized carbons (Fsp3) is 0.222.